The average molecular weight is 223 g/mol. The van der Waals surface area contributed by atoms with Gasteiger partial charge in [0.15, 0.2) is 0 Å². The Bertz CT molecular complexity index is 259. The third kappa shape index (κ3) is 4.39. The van der Waals surface area contributed by atoms with Crippen molar-refractivity contribution in [3.05, 3.63) is 0 Å². The van der Waals surface area contributed by atoms with Gasteiger partial charge < -0.3 is 5.11 Å². The largest absolute Gasteiger partial charge is 0.392 e. The van der Waals surface area contributed by atoms with Crippen LogP contribution in [0.2, 0.25) is 0 Å². The molecule has 5 heteroatoms. The van der Waals surface area contributed by atoms with Crippen molar-refractivity contribution in [3.8, 4) is 0 Å². The fraction of sp³-hybridized carbons (Fsp3) is 1.00. The molecule has 14 heavy (non-hydrogen) atoms. The Morgan fingerprint density at radius 2 is 1.71 bits per heavy atom. The van der Waals surface area contributed by atoms with E-state index < -0.39 is 16.1 Å². The first-order chi connectivity index (χ1) is 6.16. The normalized spacial score (nSPS) is 17.4. The molecule has 0 aliphatic heterocycles. The lowest BCUT2D eigenvalue weighted by molar-refractivity contribution is 0.102. The van der Waals surface area contributed by atoms with Crippen molar-refractivity contribution in [1.29, 1.82) is 0 Å². The SMILES string of the molecule is CC(C)C[C@@H]([C@H](C)O)N(C)S(C)(=O)=O. The molecule has 0 aromatic carbocycles. The summed E-state index contributed by atoms with van der Waals surface area (Å²) in [6.45, 7) is 5.63. The summed E-state index contributed by atoms with van der Waals surface area (Å²) in [5.41, 5.74) is 0. The molecule has 86 valence electrons. The number of hydrogen-bond acceptors (Lipinski definition) is 3. The Morgan fingerprint density at radius 3 is 1.93 bits per heavy atom. The highest BCUT2D eigenvalue weighted by Gasteiger charge is 2.26. The first kappa shape index (κ1) is 13.9. The standard InChI is InChI=1S/C9H21NO3S/c1-7(2)6-9(8(3)11)10(4)14(5,12)13/h7-9,11H,6H2,1-5H3/t8-,9-/m0/s1. The van der Waals surface area contributed by atoms with Gasteiger partial charge in [0.05, 0.1) is 18.4 Å². The predicted octanol–water partition coefficient (Wildman–Crippen LogP) is 0.673. The highest BCUT2D eigenvalue weighted by molar-refractivity contribution is 7.88. The van der Waals surface area contributed by atoms with Crippen molar-refractivity contribution >= 4 is 10.0 Å². The summed E-state index contributed by atoms with van der Waals surface area (Å²) in [6.07, 6.45) is 1.18. The van der Waals surface area contributed by atoms with Gasteiger partial charge in [-0.25, -0.2) is 8.42 Å². The number of aliphatic hydroxyl groups excluding tert-OH is 1. The smallest absolute Gasteiger partial charge is 0.211 e. The Balaban J connectivity index is 4.67. The van der Waals surface area contributed by atoms with Crippen LogP contribution in [0.1, 0.15) is 27.2 Å². The van der Waals surface area contributed by atoms with Crippen LogP contribution in [-0.4, -0.2) is 43.3 Å². The van der Waals surface area contributed by atoms with E-state index in [1.165, 1.54) is 11.4 Å². The van der Waals surface area contributed by atoms with Crippen LogP contribution < -0.4 is 0 Å². The number of hydrogen-bond donors (Lipinski definition) is 1. The van der Waals surface area contributed by atoms with Gasteiger partial charge in [-0.2, -0.15) is 4.31 Å². The molecule has 0 aliphatic rings. The number of likely N-dealkylation sites (N-methyl/N-ethyl adjacent to an activating group) is 1. The molecule has 0 spiro atoms. The number of sulfonamides is 1. The van der Waals surface area contributed by atoms with E-state index >= 15 is 0 Å². The molecule has 0 fully saturated rings. The fourth-order valence-electron chi connectivity index (χ4n) is 1.38. The summed E-state index contributed by atoms with van der Waals surface area (Å²) in [5, 5.41) is 9.49. The monoisotopic (exact) mass is 223 g/mol. The van der Waals surface area contributed by atoms with E-state index in [1.807, 2.05) is 13.8 Å². The minimum absolute atomic E-state index is 0.329. The Labute approximate surface area is 87.0 Å². The molecule has 0 aromatic rings. The molecule has 0 aliphatic carbocycles. The fourth-order valence-corrected chi connectivity index (χ4v) is 2.13. The van der Waals surface area contributed by atoms with E-state index in [4.69, 9.17) is 0 Å². The maximum absolute atomic E-state index is 11.3. The molecule has 0 heterocycles. The summed E-state index contributed by atoms with van der Waals surface area (Å²) < 4.78 is 23.8. The highest BCUT2D eigenvalue weighted by atomic mass is 32.2. The van der Waals surface area contributed by atoms with Crippen LogP contribution >= 0.6 is 0 Å². The molecular weight excluding hydrogens is 202 g/mol. The lowest BCUT2D eigenvalue weighted by Crippen LogP contribution is -2.43. The van der Waals surface area contributed by atoms with Crippen molar-refractivity contribution in [2.45, 2.75) is 39.3 Å². The van der Waals surface area contributed by atoms with E-state index in [-0.39, 0.29) is 6.04 Å². The molecule has 0 aromatic heterocycles. The molecule has 0 saturated heterocycles. The molecule has 4 nitrogen and oxygen atoms in total. The lowest BCUT2D eigenvalue weighted by Gasteiger charge is -2.29. The van der Waals surface area contributed by atoms with Crippen LogP contribution in [0, 0.1) is 5.92 Å². The Morgan fingerprint density at radius 1 is 1.29 bits per heavy atom. The van der Waals surface area contributed by atoms with E-state index in [0.717, 1.165) is 6.26 Å². The Hall–Kier alpha value is -0.130. The van der Waals surface area contributed by atoms with Crippen molar-refractivity contribution < 1.29 is 13.5 Å². The van der Waals surface area contributed by atoms with E-state index in [1.54, 1.807) is 6.92 Å². The molecule has 0 amide bonds. The quantitative estimate of drug-likeness (QED) is 0.745. The van der Waals surface area contributed by atoms with Gasteiger partial charge in [-0.1, -0.05) is 13.8 Å². The number of rotatable bonds is 5. The second-order valence-corrected chi connectivity index (χ2v) is 6.26. The van der Waals surface area contributed by atoms with Crippen LogP contribution in [0.5, 0.6) is 0 Å². The highest BCUT2D eigenvalue weighted by Crippen LogP contribution is 2.16. The summed E-state index contributed by atoms with van der Waals surface area (Å²) in [5.74, 6) is 0.360. The topological polar surface area (TPSA) is 57.6 Å². The molecular formula is C9H21NO3S. The maximum atomic E-state index is 11.3. The third-order valence-electron chi connectivity index (χ3n) is 2.26. The minimum atomic E-state index is -3.22. The predicted molar refractivity (Wildman–Crippen MR) is 57.5 cm³/mol. The first-order valence-electron chi connectivity index (χ1n) is 4.77. The van der Waals surface area contributed by atoms with Crippen molar-refractivity contribution in [2.24, 2.45) is 5.92 Å². The summed E-state index contributed by atoms with van der Waals surface area (Å²) in [4.78, 5) is 0. The van der Waals surface area contributed by atoms with Gasteiger partial charge in [0.25, 0.3) is 0 Å². The van der Waals surface area contributed by atoms with Crippen LogP contribution in [0.25, 0.3) is 0 Å². The van der Waals surface area contributed by atoms with Crippen molar-refractivity contribution in [3.63, 3.8) is 0 Å². The first-order valence-corrected chi connectivity index (χ1v) is 6.62. The second-order valence-electron chi connectivity index (χ2n) is 4.22. The second kappa shape index (κ2) is 5.09. The van der Waals surface area contributed by atoms with Gasteiger partial charge >= 0.3 is 0 Å². The number of aliphatic hydroxyl groups is 1. The Kier molecular flexibility index (Phi) is 5.05. The molecule has 1 N–H and O–H groups in total. The van der Waals surface area contributed by atoms with Gasteiger partial charge in [0.1, 0.15) is 0 Å². The van der Waals surface area contributed by atoms with Gasteiger partial charge in [0, 0.05) is 7.05 Å². The molecule has 0 rings (SSSR count). The average Bonchev–Trinajstić information content (AvgIpc) is 1.96. The van der Waals surface area contributed by atoms with Gasteiger partial charge in [-0.3, -0.25) is 0 Å². The van der Waals surface area contributed by atoms with E-state index in [2.05, 4.69) is 0 Å². The summed E-state index contributed by atoms with van der Waals surface area (Å²) in [6, 6.07) is -0.329. The zero-order valence-electron chi connectivity index (χ0n) is 9.56. The van der Waals surface area contributed by atoms with Gasteiger partial charge in [0.2, 0.25) is 10.0 Å². The zero-order chi connectivity index (χ0) is 11.5. The summed E-state index contributed by atoms with van der Waals surface area (Å²) in [7, 11) is -1.71. The third-order valence-corrected chi connectivity index (χ3v) is 3.58. The molecule has 0 saturated carbocycles. The van der Waals surface area contributed by atoms with Crippen LogP contribution in [-0.2, 0) is 10.0 Å². The summed E-state index contributed by atoms with van der Waals surface area (Å²) >= 11 is 0. The molecule has 0 bridgehead atoms. The maximum Gasteiger partial charge on any atom is 0.211 e. The molecule has 0 unspecified atom stereocenters. The van der Waals surface area contributed by atoms with Gasteiger partial charge in [-0.15, -0.1) is 0 Å². The van der Waals surface area contributed by atoms with Crippen LogP contribution in [0.4, 0.5) is 0 Å². The minimum Gasteiger partial charge on any atom is -0.392 e. The van der Waals surface area contributed by atoms with Gasteiger partial charge in [-0.05, 0) is 19.3 Å². The van der Waals surface area contributed by atoms with Crippen LogP contribution in [0.3, 0.4) is 0 Å². The molecule has 0 radical (unpaired) electrons. The van der Waals surface area contributed by atoms with Crippen LogP contribution in [0.15, 0.2) is 0 Å². The van der Waals surface area contributed by atoms with E-state index in [9.17, 15) is 13.5 Å². The zero-order valence-corrected chi connectivity index (χ0v) is 10.4. The van der Waals surface area contributed by atoms with E-state index in [0.29, 0.717) is 12.3 Å². The lowest BCUT2D eigenvalue weighted by atomic mass is 10.0. The number of nitrogens with zero attached hydrogens (tertiary/aromatic N) is 1. The van der Waals surface area contributed by atoms with Crippen molar-refractivity contribution in [2.75, 3.05) is 13.3 Å². The van der Waals surface area contributed by atoms with Crippen molar-refractivity contribution in [1.82, 2.24) is 4.31 Å². The molecule has 2 atom stereocenters.